The third-order valence-electron chi connectivity index (χ3n) is 3.30. The number of esters is 1. The highest BCUT2D eigenvalue weighted by atomic mass is 32.1. The molecular formula is C16H15N3O3S. The molecule has 6 nitrogen and oxygen atoms in total. The number of para-hydroxylation sites is 1. The molecule has 0 aliphatic carbocycles. The van der Waals surface area contributed by atoms with Gasteiger partial charge in [-0.1, -0.05) is 18.2 Å². The minimum absolute atomic E-state index is 0.280. The van der Waals surface area contributed by atoms with E-state index in [9.17, 15) is 9.59 Å². The van der Waals surface area contributed by atoms with Gasteiger partial charge in [0.2, 0.25) is 5.95 Å². The zero-order chi connectivity index (χ0) is 16.4. The SMILES string of the molecule is CCOC(=O)c1sc2nc(Nc3ccccc3)[nH]c(=O)c2c1C. The molecule has 0 aliphatic heterocycles. The molecule has 1 aromatic carbocycles. The molecule has 118 valence electrons. The number of nitrogens with one attached hydrogen (secondary N) is 2. The van der Waals surface area contributed by atoms with Crippen LogP contribution in [0.25, 0.3) is 10.2 Å². The van der Waals surface area contributed by atoms with Gasteiger partial charge in [-0.25, -0.2) is 9.78 Å². The molecule has 0 spiro atoms. The van der Waals surface area contributed by atoms with Crippen molar-refractivity contribution in [3.8, 4) is 0 Å². The molecule has 0 atom stereocenters. The molecule has 3 rings (SSSR count). The molecule has 0 saturated heterocycles. The van der Waals surface area contributed by atoms with Gasteiger partial charge < -0.3 is 10.1 Å². The Balaban J connectivity index is 2.05. The highest BCUT2D eigenvalue weighted by molar-refractivity contribution is 7.20. The van der Waals surface area contributed by atoms with Gasteiger partial charge in [0.05, 0.1) is 12.0 Å². The van der Waals surface area contributed by atoms with E-state index in [0.29, 0.717) is 26.6 Å². The number of H-pyrrole nitrogens is 1. The maximum Gasteiger partial charge on any atom is 0.348 e. The summed E-state index contributed by atoms with van der Waals surface area (Å²) in [4.78, 5) is 32.3. The van der Waals surface area contributed by atoms with Crippen LogP contribution >= 0.6 is 11.3 Å². The zero-order valence-electron chi connectivity index (χ0n) is 12.7. The van der Waals surface area contributed by atoms with E-state index in [1.807, 2.05) is 30.3 Å². The molecule has 23 heavy (non-hydrogen) atoms. The number of hydrogen-bond donors (Lipinski definition) is 2. The van der Waals surface area contributed by atoms with Crippen molar-refractivity contribution in [2.24, 2.45) is 0 Å². The van der Waals surface area contributed by atoms with E-state index in [1.54, 1.807) is 13.8 Å². The molecule has 0 fully saturated rings. The van der Waals surface area contributed by atoms with Gasteiger partial charge in [-0.2, -0.15) is 0 Å². The van der Waals surface area contributed by atoms with Crippen molar-refractivity contribution in [1.29, 1.82) is 0 Å². The normalized spacial score (nSPS) is 10.7. The first kappa shape index (κ1) is 15.2. The number of thiophene rings is 1. The van der Waals surface area contributed by atoms with E-state index in [4.69, 9.17) is 4.74 Å². The predicted octanol–water partition coefficient (Wildman–Crippen LogP) is 3.21. The summed E-state index contributed by atoms with van der Waals surface area (Å²) >= 11 is 1.17. The predicted molar refractivity (Wildman–Crippen MR) is 90.7 cm³/mol. The van der Waals surface area contributed by atoms with Gasteiger partial charge in [-0.15, -0.1) is 11.3 Å². The minimum Gasteiger partial charge on any atom is -0.462 e. The third-order valence-corrected chi connectivity index (χ3v) is 4.46. The van der Waals surface area contributed by atoms with Crippen LogP contribution in [0.2, 0.25) is 0 Å². The lowest BCUT2D eigenvalue weighted by Crippen LogP contribution is -2.11. The smallest absolute Gasteiger partial charge is 0.348 e. The Morgan fingerprint density at radius 1 is 1.35 bits per heavy atom. The molecule has 2 N–H and O–H groups in total. The van der Waals surface area contributed by atoms with Crippen molar-refractivity contribution in [3.63, 3.8) is 0 Å². The molecule has 0 radical (unpaired) electrons. The Labute approximate surface area is 136 Å². The molecule has 2 heterocycles. The van der Waals surface area contributed by atoms with Crippen LogP contribution in [0.15, 0.2) is 35.1 Å². The molecule has 7 heteroatoms. The maximum absolute atomic E-state index is 12.3. The first-order valence-electron chi connectivity index (χ1n) is 7.12. The number of carbonyl (C=O) groups excluding carboxylic acids is 1. The number of benzene rings is 1. The second-order valence-corrected chi connectivity index (χ2v) is 5.86. The highest BCUT2D eigenvalue weighted by Gasteiger charge is 2.20. The van der Waals surface area contributed by atoms with Crippen molar-refractivity contribution in [2.45, 2.75) is 13.8 Å². The number of ether oxygens (including phenoxy) is 1. The number of hydrogen-bond acceptors (Lipinski definition) is 6. The Morgan fingerprint density at radius 2 is 2.09 bits per heavy atom. The summed E-state index contributed by atoms with van der Waals surface area (Å²) in [5.41, 5.74) is 1.13. The minimum atomic E-state index is -0.426. The summed E-state index contributed by atoms with van der Waals surface area (Å²) in [6.07, 6.45) is 0. The van der Waals surface area contributed by atoms with Crippen molar-refractivity contribution in [1.82, 2.24) is 9.97 Å². The molecular weight excluding hydrogens is 314 g/mol. The molecule has 0 saturated carbocycles. The Hall–Kier alpha value is -2.67. The van der Waals surface area contributed by atoms with Crippen LogP contribution in [-0.4, -0.2) is 22.5 Å². The first-order chi connectivity index (χ1) is 11.1. The lowest BCUT2D eigenvalue weighted by atomic mass is 10.2. The second-order valence-electron chi connectivity index (χ2n) is 4.86. The molecule has 0 aliphatic rings. The van der Waals surface area contributed by atoms with Crippen molar-refractivity contribution >= 4 is 39.2 Å². The zero-order valence-corrected chi connectivity index (χ0v) is 13.5. The lowest BCUT2D eigenvalue weighted by molar-refractivity contribution is 0.0531. The molecule has 2 aromatic heterocycles. The Morgan fingerprint density at radius 3 is 2.78 bits per heavy atom. The largest absolute Gasteiger partial charge is 0.462 e. The van der Waals surface area contributed by atoms with E-state index in [2.05, 4.69) is 15.3 Å². The maximum atomic E-state index is 12.3. The van der Waals surface area contributed by atoms with Crippen LogP contribution < -0.4 is 10.9 Å². The molecule has 0 bridgehead atoms. The van der Waals surface area contributed by atoms with Gasteiger partial charge in [0.25, 0.3) is 5.56 Å². The number of rotatable bonds is 4. The summed E-state index contributed by atoms with van der Waals surface area (Å²) in [6.45, 7) is 3.76. The number of aromatic amines is 1. The number of aromatic nitrogens is 2. The van der Waals surface area contributed by atoms with Crippen molar-refractivity contribution < 1.29 is 9.53 Å². The quantitative estimate of drug-likeness (QED) is 0.718. The van der Waals surface area contributed by atoms with E-state index in [1.165, 1.54) is 11.3 Å². The fourth-order valence-corrected chi connectivity index (χ4v) is 3.33. The summed E-state index contributed by atoms with van der Waals surface area (Å²) in [5, 5.41) is 3.47. The van der Waals surface area contributed by atoms with Gasteiger partial charge in [-0.05, 0) is 31.5 Å². The third kappa shape index (κ3) is 2.95. The van der Waals surface area contributed by atoms with Gasteiger partial charge in [-0.3, -0.25) is 9.78 Å². The summed E-state index contributed by atoms with van der Waals surface area (Å²) in [6, 6.07) is 9.40. The van der Waals surface area contributed by atoms with E-state index >= 15 is 0 Å². The van der Waals surface area contributed by atoms with Gasteiger partial charge in [0.15, 0.2) is 0 Å². The number of aryl methyl sites for hydroxylation is 1. The summed E-state index contributed by atoms with van der Waals surface area (Å²) in [7, 11) is 0. The summed E-state index contributed by atoms with van der Waals surface area (Å²) < 4.78 is 5.02. The standard InChI is InChI=1S/C16H15N3O3S/c1-3-22-15(21)12-9(2)11-13(20)18-16(19-14(11)23-12)17-10-7-5-4-6-8-10/h4-8H,3H2,1-2H3,(H2,17,18,19,20). The number of carbonyl (C=O) groups is 1. The fraction of sp³-hybridized carbons (Fsp3) is 0.188. The van der Waals surface area contributed by atoms with E-state index in [-0.39, 0.29) is 12.2 Å². The topological polar surface area (TPSA) is 84.1 Å². The molecule has 3 aromatic rings. The monoisotopic (exact) mass is 329 g/mol. The van der Waals surface area contributed by atoms with Gasteiger partial charge >= 0.3 is 5.97 Å². The lowest BCUT2D eigenvalue weighted by Gasteiger charge is -2.04. The number of fused-ring (bicyclic) bond motifs is 1. The Bertz CT molecular complexity index is 915. The van der Waals surface area contributed by atoms with Crippen molar-refractivity contribution in [2.75, 3.05) is 11.9 Å². The van der Waals surface area contributed by atoms with Crippen LogP contribution in [-0.2, 0) is 4.74 Å². The molecule has 0 unspecified atom stereocenters. The van der Waals surface area contributed by atoms with E-state index < -0.39 is 5.97 Å². The summed E-state index contributed by atoms with van der Waals surface area (Å²) in [5.74, 6) is -0.0877. The van der Waals surface area contributed by atoms with Crippen LogP contribution in [0, 0.1) is 6.92 Å². The second kappa shape index (κ2) is 6.21. The van der Waals surface area contributed by atoms with E-state index in [0.717, 1.165) is 5.69 Å². The first-order valence-corrected chi connectivity index (χ1v) is 7.94. The average molecular weight is 329 g/mol. The van der Waals surface area contributed by atoms with Crippen LogP contribution in [0.1, 0.15) is 22.2 Å². The van der Waals surface area contributed by atoms with Crippen LogP contribution in [0.4, 0.5) is 11.6 Å². The van der Waals surface area contributed by atoms with Crippen LogP contribution in [0.3, 0.4) is 0 Å². The fourth-order valence-electron chi connectivity index (χ4n) is 2.25. The van der Waals surface area contributed by atoms with Gasteiger partial charge in [0.1, 0.15) is 9.71 Å². The van der Waals surface area contributed by atoms with Crippen molar-refractivity contribution in [3.05, 3.63) is 51.1 Å². The Kier molecular flexibility index (Phi) is 4.12. The van der Waals surface area contributed by atoms with Crippen LogP contribution in [0.5, 0.6) is 0 Å². The van der Waals surface area contributed by atoms with Gasteiger partial charge in [0, 0.05) is 5.69 Å². The molecule has 0 amide bonds. The number of nitrogens with zero attached hydrogens (tertiary/aromatic N) is 1. The number of anilines is 2. The highest BCUT2D eigenvalue weighted by Crippen LogP contribution is 2.28. The average Bonchev–Trinajstić information content (AvgIpc) is 2.86.